The SMILES string of the molecule is CN(CCOCC1CC1)C(CN)c1ccccc1. The third-order valence-corrected chi connectivity index (χ3v) is 3.58. The van der Waals surface area contributed by atoms with E-state index in [-0.39, 0.29) is 6.04 Å². The molecule has 1 aliphatic rings. The van der Waals surface area contributed by atoms with Crippen LogP contribution in [0.1, 0.15) is 24.4 Å². The molecule has 1 saturated carbocycles. The van der Waals surface area contributed by atoms with Crippen LogP contribution in [0.2, 0.25) is 0 Å². The Bertz CT molecular complexity index is 338. The zero-order valence-electron chi connectivity index (χ0n) is 11.2. The highest BCUT2D eigenvalue weighted by molar-refractivity contribution is 5.19. The van der Waals surface area contributed by atoms with Gasteiger partial charge in [-0.3, -0.25) is 4.90 Å². The monoisotopic (exact) mass is 248 g/mol. The molecule has 1 unspecified atom stereocenters. The Kier molecular flexibility index (Phi) is 5.17. The second-order valence-corrected chi connectivity index (χ2v) is 5.16. The summed E-state index contributed by atoms with van der Waals surface area (Å²) in [5.74, 6) is 0.842. The Morgan fingerprint density at radius 3 is 2.67 bits per heavy atom. The first kappa shape index (κ1) is 13.5. The Labute approximate surface area is 110 Å². The van der Waals surface area contributed by atoms with Crippen molar-refractivity contribution >= 4 is 0 Å². The van der Waals surface area contributed by atoms with Crippen LogP contribution >= 0.6 is 0 Å². The zero-order valence-corrected chi connectivity index (χ0v) is 11.2. The van der Waals surface area contributed by atoms with Crippen molar-refractivity contribution in [3.63, 3.8) is 0 Å². The minimum Gasteiger partial charge on any atom is -0.380 e. The van der Waals surface area contributed by atoms with E-state index in [4.69, 9.17) is 10.5 Å². The van der Waals surface area contributed by atoms with Crippen molar-refractivity contribution in [2.24, 2.45) is 11.7 Å². The third-order valence-electron chi connectivity index (χ3n) is 3.58. The summed E-state index contributed by atoms with van der Waals surface area (Å²) >= 11 is 0. The highest BCUT2D eigenvalue weighted by Crippen LogP contribution is 2.28. The number of hydrogen-bond donors (Lipinski definition) is 1. The van der Waals surface area contributed by atoms with Gasteiger partial charge in [-0.2, -0.15) is 0 Å². The van der Waals surface area contributed by atoms with Gasteiger partial charge in [-0.05, 0) is 31.4 Å². The number of nitrogens with zero attached hydrogens (tertiary/aromatic N) is 1. The molecule has 0 saturated heterocycles. The average Bonchev–Trinajstić information content (AvgIpc) is 3.21. The van der Waals surface area contributed by atoms with Crippen molar-refractivity contribution in [3.8, 4) is 0 Å². The molecule has 0 aliphatic heterocycles. The van der Waals surface area contributed by atoms with Crippen LogP contribution in [0.3, 0.4) is 0 Å². The molecule has 1 fully saturated rings. The Balaban J connectivity index is 1.75. The fourth-order valence-corrected chi connectivity index (χ4v) is 2.14. The second kappa shape index (κ2) is 6.88. The summed E-state index contributed by atoms with van der Waals surface area (Å²) in [4.78, 5) is 2.28. The molecule has 100 valence electrons. The van der Waals surface area contributed by atoms with E-state index in [1.165, 1.54) is 18.4 Å². The van der Waals surface area contributed by atoms with E-state index in [1.54, 1.807) is 0 Å². The van der Waals surface area contributed by atoms with Crippen molar-refractivity contribution in [2.45, 2.75) is 18.9 Å². The lowest BCUT2D eigenvalue weighted by molar-refractivity contribution is 0.0922. The van der Waals surface area contributed by atoms with Gasteiger partial charge in [-0.25, -0.2) is 0 Å². The van der Waals surface area contributed by atoms with E-state index in [9.17, 15) is 0 Å². The first-order valence-electron chi connectivity index (χ1n) is 6.84. The Morgan fingerprint density at radius 2 is 2.06 bits per heavy atom. The minimum atomic E-state index is 0.288. The van der Waals surface area contributed by atoms with Crippen LogP contribution in [0.4, 0.5) is 0 Å². The molecule has 1 aliphatic carbocycles. The molecule has 0 radical (unpaired) electrons. The molecular formula is C15H24N2O. The maximum Gasteiger partial charge on any atom is 0.0593 e. The van der Waals surface area contributed by atoms with E-state index in [1.807, 2.05) is 6.07 Å². The van der Waals surface area contributed by atoms with Crippen LogP contribution in [0, 0.1) is 5.92 Å². The van der Waals surface area contributed by atoms with Crippen LogP contribution in [-0.4, -0.2) is 38.3 Å². The smallest absolute Gasteiger partial charge is 0.0593 e. The topological polar surface area (TPSA) is 38.5 Å². The number of nitrogens with two attached hydrogens (primary N) is 1. The van der Waals surface area contributed by atoms with Gasteiger partial charge in [0.05, 0.1) is 6.61 Å². The molecule has 2 N–H and O–H groups in total. The van der Waals surface area contributed by atoms with Gasteiger partial charge >= 0.3 is 0 Å². The van der Waals surface area contributed by atoms with Gasteiger partial charge in [0, 0.05) is 25.7 Å². The summed E-state index contributed by atoms with van der Waals surface area (Å²) in [5.41, 5.74) is 7.17. The van der Waals surface area contributed by atoms with E-state index in [0.29, 0.717) is 6.54 Å². The molecule has 1 atom stereocenters. The van der Waals surface area contributed by atoms with Crippen molar-refractivity contribution in [2.75, 3.05) is 33.4 Å². The molecular weight excluding hydrogens is 224 g/mol. The first-order chi connectivity index (χ1) is 8.81. The number of ether oxygens (including phenoxy) is 1. The van der Waals surface area contributed by atoms with E-state index >= 15 is 0 Å². The van der Waals surface area contributed by atoms with Gasteiger partial charge in [0.15, 0.2) is 0 Å². The normalized spacial score (nSPS) is 17.1. The molecule has 1 aromatic rings. The largest absolute Gasteiger partial charge is 0.380 e. The molecule has 3 nitrogen and oxygen atoms in total. The van der Waals surface area contributed by atoms with Crippen molar-refractivity contribution in [1.82, 2.24) is 4.90 Å². The van der Waals surface area contributed by atoms with Gasteiger partial charge < -0.3 is 10.5 Å². The lowest BCUT2D eigenvalue weighted by Crippen LogP contribution is -2.33. The molecule has 18 heavy (non-hydrogen) atoms. The predicted molar refractivity (Wildman–Crippen MR) is 74.4 cm³/mol. The fourth-order valence-electron chi connectivity index (χ4n) is 2.14. The Morgan fingerprint density at radius 1 is 1.33 bits per heavy atom. The number of likely N-dealkylation sites (N-methyl/N-ethyl adjacent to an activating group) is 1. The van der Waals surface area contributed by atoms with Crippen molar-refractivity contribution < 1.29 is 4.74 Å². The molecule has 0 spiro atoms. The molecule has 3 heteroatoms. The van der Waals surface area contributed by atoms with E-state index < -0.39 is 0 Å². The zero-order chi connectivity index (χ0) is 12.8. The van der Waals surface area contributed by atoms with E-state index in [2.05, 4.69) is 36.2 Å². The quantitative estimate of drug-likeness (QED) is 0.716. The Hall–Kier alpha value is -0.900. The summed E-state index contributed by atoms with van der Waals surface area (Å²) in [6, 6.07) is 10.7. The lowest BCUT2D eigenvalue weighted by Gasteiger charge is -2.27. The number of hydrogen-bond acceptors (Lipinski definition) is 3. The maximum absolute atomic E-state index is 5.89. The van der Waals surface area contributed by atoms with E-state index in [0.717, 1.165) is 25.7 Å². The number of benzene rings is 1. The summed E-state index contributed by atoms with van der Waals surface area (Å²) < 4.78 is 5.68. The molecule has 2 rings (SSSR count). The summed E-state index contributed by atoms with van der Waals surface area (Å²) in [6.07, 6.45) is 2.70. The standard InChI is InChI=1S/C15H24N2O/c1-17(9-10-18-12-13-7-8-13)15(11-16)14-5-3-2-4-6-14/h2-6,13,15H,7-12,16H2,1H3. The van der Waals surface area contributed by atoms with Crippen LogP contribution in [0.15, 0.2) is 30.3 Å². The molecule has 0 heterocycles. The second-order valence-electron chi connectivity index (χ2n) is 5.16. The minimum absolute atomic E-state index is 0.288. The van der Waals surface area contributed by atoms with Gasteiger partial charge in [-0.1, -0.05) is 30.3 Å². The maximum atomic E-state index is 5.89. The van der Waals surface area contributed by atoms with Gasteiger partial charge in [0.25, 0.3) is 0 Å². The fraction of sp³-hybridized carbons (Fsp3) is 0.600. The summed E-state index contributed by atoms with van der Waals surface area (Å²) in [5, 5.41) is 0. The summed E-state index contributed by atoms with van der Waals surface area (Å²) in [7, 11) is 2.12. The van der Waals surface area contributed by atoms with Crippen LogP contribution < -0.4 is 5.73 Å². The van der Waals surface area contributed by atoms with Gasteiger partial charge in [0.1, 0.15) is 0 Å². The molecule has 0 aromatic heterocycles. The van der Waals surface area contributed by atoms with Gasteiger partial charge in [-0.15, -0.1) is 0 Å². The molecule has 0 amide bonds. The molecule has 0 bridgehead atoms. The lowest BCUT2D eigenvalue weighted by atomic mass is 10.1. The third kappa shape index (κ3) is 4.09. The first-order valence-corrected chi connectivity index (χ1v) is 6.84. The van der Waals surface area contributed by atoms with Crippen LogP contribution in [-0.2, 0) is 4.74 Å². The highest BCUT2D eigenvalue weighted by Gasteiger charge is 2.21. The van der Waals surface area contributed by atoms with Crippen LogP contribution in [0.5, 0.6) is 0 Å². The number of rotatable bonds is 8. The highest BCUT2D eigenvalue weighted by atomic mass is 16.5. The predicted octanol–water partition coefficient (Wildman–Crippen LogP) is 2.04. The van der Waals surface area contributed by atoms with Crippen LogP contribution in [0.25, 0.3) is 0 Å². The van der Waals surface area contributed by atoms with Crippen molar-refractivity contribution in [3.05, 3.63) is 35.9 Å². The average molecular weight is 248 g/mol. The summed E-state index contributed by atoms with van der Waals surface area (Å²) in [6.45, 7) is 3.31. The van der Waals surface area contributed by atoms with Gasteiger partial charge in [0.2, 0.25) is 0 Å². The molecule has 1 aromatic carbocycles. The van der Waals surface area contributed by atoms with Crippen molar-refractivity contribution in [1.29, 1.82) is 0 Å².